The van der Waals surface area contributed by atoms with Crippen LogP contribution in [0.2, 0.25) is 0 Å². The molecule has 2 heterocycles. The zero-order valence-corrected chi connectivity index (χ0v) is 16.1. The van der Waals surface area contributed by atoms with E-state index in [1.165, 1.54) is 24.0 Å². The van der Waals surface area contributed by atoms with Gasteiger partial charge in [-0.2, -0.15) is 0 Å². The number of hydrogen-bond donors (Lipinski definition) is 1. The number of aryl methyl sites for hydroxylation is 2. The lowest BCUT2D eigenvalue weighted by Crippen LogP contribution is -2.46. The number of hydrogen-bond acceptors (Lipinski definition) is 5. The standard InChI is InChI=1S/C19H23N3O3S/c1-12-4-5-15(13(2)10-12)18-21-16(11-26-18)17(23)20-14-6-8-22(9-7-14)19(24)25-3/h4-5,10-11,14H,6-9H2,1-3H3,(H,20,23). The molecule has 0 spiro atoms. The number of amides is 2. The maximum Gasteiger partial charge on any atom is 0.409 e. The van der Waals surface area contributed by atoms with Crippen molar-refractivity contribution in [1.29, 1.82) is 0 Å². The summed E-state index contributed by atoms with van der Waals surface area (Å²) >= 11 is 1.48. The summed E-state index contributed by atoms with van der Waals surface area (Å²) in [4.78, 5) is 30.2. The second kappa shape index (κ2) is 7.86. The Morgan fingerprint density at radius 3 is 2.65 bits per heavy atom. The van der Waals surface area contributed by atoms with Crippen molar-refractivity contribution in [2.75, 3.05) is 20.2 Å². The number of rotatable bonds is 3. The van der Waals surface area contributed by atoms with E-state index in [1.54, 1.807) is 10.3 Å². The highest BCUT2D eigenvalue weighted by atomic mass is 32.1. The van der Waals surface area contributed by atoms with Gasteiger partial charge in [0.2, 0.25) is 0 Å². The molecular formula is C19H23N3O3S. The fraction of sp³-hybridized carbons (Fsp3) is 0.421. The third-order valence-electron chi connectivity index (χ3n) is 4.61. The van der Waals surface area contributed by atoms with Gasteiger partial charge in [-0.15, -0.1) is 11.3 Å². The highest BCUT2D eigenvalue weighted by Gasteiger charge is 2.25. The molecule has 138 valence electrons. The van der Waals surface area contributed by atoms with E-state index in [1.807, 2.05) is 6.07 Å². The summed E-state index contributed by atoms with van der Waals surface area (Å²) in [6.45, 7) is 5.28. The van der Waals surface area contributed by atoms with Crippen molar-refractivity contribution in [3.05, 3.63) is 40.4 Å². The molecule has 3 rings (SSSR count). The van der Waals surface area contributed by atoms with Crippen LogP contribution in [0.1, 0.15) is 34.5 Å². The van der Waals surface area contributed by atoms with E-state index in [0.717, 1.165) is 29.0 Å². The normalized spacial score (nSPS) is 15.0. The molecule has 1 aromatic heterocycles. The Labute approximate surface area is 157 Å². The molecule has 0 radical (unpaired) electrons. The van der Waals surface area contributed by atoms with Crippen LogP contribution in [-0.4, -0.2) is 48.1 Å². The number of piperidine rings is 1. The van der Waals surface area contributed by atoms with Gasteiger partial charge >= 0.3 is 6.09 Å². The molecule has 1 N–H and O–H groups in total. The van der Waals surface area contributed by atoms with Crippen LogP contribution in [0.3, 0.4) is 0 Å². The SMILES string of the molecule is COC(=O)N1CCC(NC(=O)c2csc(-c3ccc(C)cc3C)n2)CC1. The van der Waals surface area contributed by atoms with Crippen LogP contribution in [0.4, 0.5) is 4.79 Å². The van der Waals surface area contributed by atoms with Crippen LogP contribution >= 0.6 is 11.3 Å². The van der Waals surface area contributed by atoms with Crippen molar-refractivity contribution in [2.45, 2.75) is 32.7 Å². The minimum Gasteiger partial charge on any atom is -0.453 e. The van der Waals surface area contributed by atoms with Crippen molar-refractivity contribution in [2.24, 2.45) is 0 Å². The summed E-state index contributed by atoms with van der Waals surface area (Å²) in [6.07, 6.45) is 1.12. The number of nitrogens with zero attached hydrogens (tertiary/aromatic N) is 2. The Hall–Kier alpha value is -2.41. The Bertz CT molecular complexity index is 810. The number of ether oxygens (including phenoxy) is 1. The van der Waals surface area contributed by atoms with Crippen molar-refractivity contribution >= 4 is 23.3 Å². The molecule has 2 amide bonds. The molecule has 1 aliphatic heterocycles. The van der Waals surface area contributed by atoms with E-state index in [9.17, 15) is 9.59 Å². The van der Waals surface area contributed by atoms with Gasteiger partial charge in [0.15, 0.2) is 0 Å². The Kier molecular flexibility index (Phi) is 5.56. The largest absolute Gasteiger partial charge is 0.453 e. The van der Waals surface area contributed by atoms with Crippen LogP contribution in [0, 0.1) is 13.8 Å². The van der Waals surface area contributed by atoms with E-state index < -0.39 is 0 Å². The molecule has 6 nitrogen and oxygen atoms in total. The number of carbonyl (C=O) groups excluding carboxylic acids is 2. The van der Waals surface area contributed by atoms with Gasteiger partial charge in [0.1, 0.15) is 10.7 Å². The Morgan fingerprint density at radius 2 is 2.00 bits per heavy atom. The molecular weight excluding hydrogens is 350 g/mol. The van der Waals surface area contributed by atoms with Crippen LogP contribution in [0.5, 0.6) is 0 Å². The second-order valence-electron chi connectivity index (χ2n) is 6.56. The van der Waals surface area contributed by atoms with Gasteiger partial charge in [-0.3, -0.25) is 4.79 Å². The number of likely N-dealkylation sites (tertiary alicyclic amines) is 1. The predicted octanol–water partition coefficient (Wildman–Crippen LogP) is 3.39. The molecule has 2 aromatic rings. The third kappa shape index (κ3) is 4.04. The molecule has 0 unspecified atom stereocenters. The van der Waals surface area contributed by atoms with Crippen molar-refractivity contribution in [3.63, 3.8) is 0 Å². The van der Waals surface area contributed by atoms with Gasteiger partial charge in [0.25, 0.3) is 5.91 Å². The molecule has 1 aliphatic rings. The zero-order valence-electron chi connectivity index (χ0n) is 15.2. The number of nitrogens with one attached hydrogen (secondary N) is 1. The summed E-state index contributed by atoms with van der Waals surface area (Å²) in [5.74, 6) is -0.159. The molecule has 7 heteroatoms. The van der Waals surface area contributed by atoms with Gasteiger partial charge in [-0.25, -0.2) is 9.78 Å². The van der Waals surface area contributed by atoms with E-state index in [0.29, 0.717) is 18.8 Å². The summed E-state index contributed by atoms with van der Waals surface area (Å²) in [7, 11) is 1.38. The maximum atomic E-state index is 12.5. The fourth-order valence-corrected chi connectivity index (χ4v) is 4.04. The monoisotopic (exact) mass is 373 g/mol. The van der Waals surface area contributed by atoms with E-state index in [4.69, 9.17) is 4.74 Å². The van der Waals surface area contributed by atoms with Crippen LogP contribution in [0.15, 0.2) is 23.6 Å². The number of carbonyl (C=O) groups is 2. The maximum absolute atomic E-state index is 12.5. The molecule has 1 aromatic carbocycles. The summed E-state index contributed by atoms with van der Waals surface area (Å²) in [5.41, 5.74) is 3.87. The first kappa shape index (κ1) is 18.4. The fourth-order valence-electron chi connectivity index (χ4n) is 3.15. The molecule has 0 aliphatic carbocycles. The number of aromatic nitrogens is 1. The predicted molar refractivity (Wildman–Crippen MR) is 101 cm³/mol. The van der Waals surface area contributed by atoms with Crippen LogP contribution in [-0.2, 0) is 4.74 Å². The molecule has 0 atom stereocenters. The van der Waals surface area contributed by atoms with E-state index in [2.05, 4.69) is 36.3 Å². The molecule has 1 saturated heterocycles. The first-order valence-electron chi connectivity index (χ1n) is 8.65. The lowest BCUT2D eigenvalue weighted by atomic mass is 10.1. The first-order valence-corrected chi connectivity index (χ1v) is 9.53. The number of benzene rings is 1. The minimum atomic E-state index is -0.313. The van der Waals surface area contributed by atoms with Crippen LogP contribution in [0.25, 0.3) is 10.6 Å². The molecule has 0 saturated carbocycles. The zero-order chi connectivity index (χ0) is 18.7. The van der Waals surface area contributed by atoms with Gasteiger partial charge in [0.05, 0.1) is 7.11 Å². The second-order valence-corrected chi connectivity index (χ2v) is 7.42. The van der Waals surface area contributed by atoms with E-state index in [-0.39, 0.29) is 18.0 Å². The smallest absolute Gasteiger partial charge is 0.409 e. The summed E-state index contributed by atoms with van der Waals surface area (Å²) < 4.78 is 4.73. The van der Waals surface area contributed by atoms with E-state index >= 15 is 0 Å². The lowest BCUT2D eigenvalue weighted by Gasteiger charge is -2.31. The third-order valence-corrected chi connectivity index (χ3v) is 5.49. The number of thiazole rings is 1. The average Bonchev–Trinajstić information content (AvgIpc) is 3.11. The van der Waals surface area contributed by atoms with Crippen LogP contribution < -0.4 is 5.32 Å². The highest BCUT2D eigenvalue weighted by Crippen LogP contribution is 2.27. The Morgan fingerprint density at radius 1 is 1.27 bits per heavy atom. The summed E-state index contributed by atoms with van der Waals surface area (Å²) in [6, 6.07) is 6.27. The van der Waals surface area contributed by atoms with Gasteiger partial charge in [-0.05, 0) is 32.3 Å². The van der Waals surface area contributed by atoms with Crippen molar-refractivity contribution in [3.8, 4) is 10.6 Å². The summed E-state index contributed by atoms with van der Waals surface area (Å²) in [5, 5.41) is 5.68. The quantitative estimate of drug-likeness (QED) is 0.895. The molecule has 26 heavy (non-hydrogen) atoms. The van der Waals surface area contributed by atoms with Gasteiger partial charge in [-0.1, -0.05) is 23.8 Å². The molecule has 0 bridgehead atoms. The molecule has 1 fully saturated rings. The average molecular weight is 373 g/mol. The van der Waals surface area contributed by atoms with Crippen molar-refractivity contribution in [1.82, 2.24) is 15.2 Å². The Balaban J connectivity index is 1.61. The topological polar surface area (TPSA) is 71.5 Å². The van der Waals surface area contributed by atoms with Gasteiger partial charge < -0.3 is 15.0 Å². The highest BCUT2D eigenvalue weighted by molar-refractivity contribution is 7.13. The van der Waals surface area contributed by atoms with Crippen molar-refractivity contribution < 1.29 is 14.3 Å². The first-order chi connectivity index (χ1) is 12.5. The minimum absolute atomic E-state index is 0.0506. The van der Waals surface area contributed by atoms with Gasteiger partial charge in [0, 0.05) is 30.1 Å². The lowest BCUT2D eigenvalue weighted by molar-refractivity contribution is 0.0888. The number of methoxy groups -OCH3 is 1.